The van der Waals surface area contributed by atoms with E-state index in [2.05, 4.69) is 46.9 Å². The Kier molecular flexibility index (Phi) is 9.51. The molecule has 240 valence electrons. The van der Waals surface area contributed by atoms with Crippen molar-refractivity contribution in [2.24, 2.45) is 4.99 Å². The maximum Gasteiger partial charge on any atom is 0.338 e. The largest absolute Gasteiger partial charge is 0.493 e. The van der Waals surface area contributed by atoms with Crippen molar-refractivity contribution in [3.05, 3.63) is 130 Å². The molecule has 1 aromatic heterocycles. The van der Waals surface area contributed by atoms with Crippen molar-refractivity contribution in [3.63, 3.8) is 0 Å². The van der Waals surface area contributed by atoms with Crippen molar-refractivity contribution in [2.45, 2.75) is 26.5 Å². The number of hydrogen-bond acceptors (Lipinski definition) is 8. The van der Waals surface area contributed by atoms with Crippen LogP contribution in [-0.4, -0.2) is 38.3 Å². The van der Waals surface area contributed by atoms with Gasteiger partial charge in [-0.1, -0.05) is 65.9 Å². The molecule has 0 amide bonds. The van der Waals surface area contributed by atoms with Crippen molar-refractivity contribution >= 4 is 62.4 Å². The van der Waals surface area contributed by atoms with Gasteiger partial charge in [0.1, 0.15) is 6.61 Å². The molecule has 1 aliphatic heterocycles. The highest BCUT2D eigenvalue weighted by molar-refractivity contribution is 14.1. The van der Waals surface area contributed by atoms with E-state index in [4.69, 9.17) is 19.2 Å². The number of methoxy groups -OCH3 is 1. The Bertz CT molecular complexity index is 2200. The third-order valence-electron chi connectivity index (χ3n) is 8.04. The van der Waals surface area contributed by atoms with Gasteiger partial charge in [0.05, 0.1) is 39.1 Å². The third-order valence-corrected chi connectivity index (χ3v) is 9.83. The molecule has 0 saturated carbocycles. The second-order valence-electron chi connectivity index (χ2n) is 11.2. The zero-order chi connectivity index (χ0) is 33.2. The molecule has 47 heavy (non-hydrogen) atoms. The summed E-state index contributed by atoms with van der Waals surface area (Å²) in [4.78, 5) is 34.6. The van der Waals surface area contributed by atoms with Gasteiger partial charge in [0.25, 0.3) is 5.56 Å². The first-order chi connectivity index (χ1) is 22.7. The van der Waals surface area contributed by atoms with Crippen LogP contribution in [0.2, 0.25) is 0 Å². The SMILES string of the molecule is CCOC(=O)C1=C(C)N=c2sc(=Cc3cc(I)c(OCc4cccc5ccccc45)c(OC)c3)c(=O)n2[C@H]1c1ccc(N(C)C)cc1. The molecule has 10 heteroatoms. The third kappa shape index (κ3) is 6.44. The average Bonchev–Trinajstić information content (AvgIpc) is 3.36. The summed E-state index contributed by atoms with van der Waals surface area (Å²) in [5, 5.41) is 2.30. The van der Waals surface area contributed by atoms with Gasteiger partial charge in [-0.15, -0.1) is 0 Å². The van der Waals surface area contributed by atoms with Crippen LogP contribution in [0.4, 0.5) is 5.69 Å². The van der Waals surface area contributed by atoms with Gasteiger partial charge in [-0.25, -0.2) is 9.79 Å². The molecule has 5 aromatic rings. The summed E-state index contributed by atoms with van der Waals surface area (Å²) in [6.45, 7) is 4.14. The predicted octanol–water partition coefficient (Wildman–Crippen LogP) is 6.21. The van der Waals surface area contributed by atoms with Gasteiger partial charge in [-0.3, -0.25) is 9.36 Å². The highest BCUT2D eigenvalue weighted by Gasteiger charge is 2.33. The number of thiazole rings is 1. The Hall–Kier alpha value is -4.42. The molecule has 1 aliphatic rings. The summed E-state index contributed by atoms with van der Waals surface area (Å²) >= 11 is 3.52. The molecule has 4 aromatic carbocycles. The molecule has 0 bridgehead atoms. The van der Waals surface area contributed by atoms with Crippen LogP contribution in [0.25, 0.3) is 16.8 Å². The van der Waals surface area contributed by atoms with Crippen LogP contribution in [0.5, 0.6) is 11.5 Å². The van der Waals surface area contributed by atoms with Crippen LogP contribution in [-0.2, 0) is 16.1 Å². The second-order valence-corrected chi connectivity index (χ2v) is 13.4. The number of ether oxygens (including phenoxy) is 3. The van der Waals surface area contributed by atoms with Crippen LogP contribution >= 0.6 is 33.9 Å². The fraction of sp³-hybridized carbons (Fsp3) is 0.216. The van der Waals surface area contributed by atoms with Gasteiger partial charge >= 0.3 is 5.97 Å². The number of anilines is 1. The average molecular weight is 760 g/mol. The molecule has 0 spiro atoms. The molecule has 0 fully saturated rings. The highest BCUT2D eigenvalue weighted by Crippen LogP contribution is 2.36. The first-order valence-corrected chi connectivity index (χ1v) is 17.0. The smallest absolute Gasteiger partial charge is 0.338 e. The number of rotatable bonds is 9. The van der Waals surface area contributed by atoms with Crippen molar-refractivity contribution < 1.29 is 19.0 Å². The summed E-state index contributed by atoms with van der Waals surface area (Å²) < 4.78 is 20.4. The molecule has 0 N–H and O–H groups in total. The molecule has 8 nitrogen and oxygen atoms in total. The maximum absolute atomic E-state index is 14.1. The first kappa shape index (κ1) is 32.5. The van der Waals surface area contributed by atoms with E-state index in [0.29, 0.717) is 38.7 Å². The zero-order valence-electron chi connectivity index (χ0n) is 26.7. The fourth-order valence-corrected chi connectivity index (χ4v) is 7.57. The molecular weight excluding hydrogens is 725 g/mol. The molecule has 0 unspecified atom stereocenters. The van der Waals surface area contributed by atoms with Crippen LogP contribution in [0.3, 0.4) is 0 Å². The number of fused-ring (bicyclic) bond motifs is 2. The van der Waals surface area contributed by atoms with Gasteiger partial charge in [-0.05, 0) is 94.2 Å². The molecule has 0 radical (unpaired) electrons. The number of hydrogen-bond donors (Lipinski definition) is 0. The number of aromatic nitrogens is 1. The minimum atomic E-state index is -0.678. The van der Waals surface area contributed by atoms with Crippen LogP contribution in [0, 0.1) is 3.57 Å². The van der Waals surface area contributed by atoms with Gasteiger partial charge in [-0.2, -0.15) is 0 Å². The summed E-state index contributed by atoms with van der Waals surface area (Å²) in [5.41, 5.74) is 4.30. The van der Waals surface area contributed by atoms with Crippen LogP contribution in [0.1, 0.15) is 36.6 Å². The minimum absolute atomic E-state index is 0.217. The summed E-state index contributed by atoms with van der Waals surface area (Å²) in [6, 6.07) is 25.4. The normalized spacial score (nSPS) is 14.5. The van der Waals surface area contributed by atoms with Crippen molar-refractivity contribution in [1.29, 1.82) is 0 Å². The Labute approximate surface area is 290 Å². The maximum atomic E-state index is 14.1. The number of allylic oxidation sites excluding steroid dienone is 1. The van der Waals surface area contributed by atoms with Gasteiger partial charge in [0.15, 0.2) is 16.3 Å². The second kappa shape index (κ2) is 13.7. The quantitative estimate of drug-likeness (QED) is 0.131. The first-order valence-electron chi connectivity index (χ1n) is 15.1. The number of carbonyl (C=O) groups excluding carboxylic acids is 1. The van der Waals surface area contributed by atoms with Crippen molar-refractivity contribution in [2.75, 3.05) is 32.7 Å². The number of halogens is 1. The summed E-state index contributed by atoms with van der Waals surface area (Å²) in [6.07, 6.45) is 1.83. The van der Waals surface area contributed by atoms with E-state index < -0.39 is 12.0 Å². The van der Waals surface area contributed by atoms with E-state index in [-0.39, 0.29) is 12.2 Å². The van der Waals surface area contributed by atoms with Gasteiger partial charge in [0, 0.05) is 19.8 Å². The summed E-state index contributed by atoms with van der Waals surface area (Å²) in [7, 11) is 5.53. The van der Waals surface area contributed by atoms with E-state index in [1.807, 2.05) is 79.7 Å². The van der Waals surface area contributed by atoms with E-state index in [1.165, 1.54) is 11.3 Å². The Morgan fingerprint density at radius 2 is 1.81 bits per heavy atom. The topological polar surface area (TPSA) is 82.4 Å². The van der Waals surface area contributed by atoms with E-state index in [0.717, 1.165) is 36.7 Å². The standard InChI is InChI=1S/C37H34IN3O5S/c1-6-45-36(43)32-22(2)39-37-41(33(32)25-14-16-27(17-15-25)40(3)4)35(42)31(47-37)20-23-18-29(38)34(30(19-23)44-5)46-21-26-12-9-11-24-10-7-8-13-28(24)26/h7-20,33H,6,21H2,1-5H3/t33-/m0/s1. The van der Waals surface area contributed by atoms with E-state index in [1.54, 1.807) is 25.5 Å². The monoisotopic (exact) mass is 759 g/mol. The molecule has 0 saturated heterocycles. The minimum Gasteiger partial charge on any atom is -0.493 e. The zero-order valence-corrected chi connectivity index (χ0v) is 29.7. The van der Waals surface area contributed by atoms with Crippen LogP contribution in [0.15, 0.2) is 99.9 Å². The van der Waals surface area contributed by atoms with Crippen molar-refractivity contribution in [3.8, 4) is 11.5 Å². The lowest BCUT2D eigenvalue weighted by molar-refractivity contribution is -0.139. The number of esters is 1. The highest BCUT2D eigenvalue weighted by atomic mass is 127. The summed E-state index contributed by atoms with van der Waals surface area (Å²) in [5.74, 6) is 0.717. The van der Waals surface area contributed by atoms with Gasteiger partial charge < -0.3 is 19.1 Å². The van der Waals surface area contributed by atoms with Crippen molar-refractivity contribution in [1.82, 2.24) is 4.57 Å². The number of nitrogens with zero attached hydrogens (tertiary/aromatic N) is 3. The molecule has 1 atom stereocenters. The molecular formula is C37H34IN3O5S. The van der Waals surface area contributed by atoms with E-state index >= 15 is 0 Å². The number of benzene rings is 4. The lowest BCUT2D eigenvalue weighted by atomic mass is 9.95. The number of carbonyl (C=O) groups is 1. The molecule has 2 heterocycles. The Balaban J connectivity index is 1.39. The Morgan fingerprint density at radius 1 is 1.06 bits per heavy atom. The lowest BCUT2D eigenvalue weighted by Gasteiger charge is -2.25. The lowest BCUT2D eigenvalue weighted by Crippen LogP contribution is -2.39. The Morgan fingerprint density at radius 3 is 2.53 bits per heavy atom. The molecule has 6 rings (SSSR count). The van der Waals surface area contributed by atoms with E-state index in [9.17, 15) is 9.59 Å². The fourth-order valence-electron chi connectivity index (χ4n) is 5.74. The van der Waals surface area contributed by atoms with Gasteiger partial charge in [0.2, 0.25) is 0 Å². The van der Waals surface area contributed by atoms with Crippen LogP contribution < -0.4 is 29.3 Å². The molecule has 0 aliphatic carbocycles. The predicted molar refractivity (Wildman–Crippen MR) is 195 cm³/mol.